The zero-order chi connectivity index (χ0) is 15.7. The molecule has 2 heterocycles. The van der Waals surface area contributed by atoms with Gasteiger partial charge in [-0.25, -0.2) is 0 Å². The lowest BCUT2D eigenvalue weighted by Gasteiger charge is -2.38. The lowest BCUT2D eigenvalue weighted by Crippen LogP contribution is -2.51. The van der Waals surface area contributed by atoms with Crippen molar-refractivity contribution >= 4 is 11.8 Å². The predicted octanol–water partition coefficient (Wildman–Crippen LogP) is 1.48. The Labute approximate surface area is 131 Å². The average Bonchev–Trinajstić information content (AvgIpc) is 2.77. The lowest BCUT2D eigenvalue weighted by molar-refractivity contribution is 0.0599. The van der Waals surface area contributed by atoms with Crippen LogP contribution in [-0.4, -0.2) is 53.3 Å². The number of hydrogen-bond donors (Lipinski definition) is 1. The molecule has 1 aromatic rings. The molecule has 5 nitrogen and oxygen atoms in total. The molecule has 0 bridgehead atoms. The summed E-state index contributed by atoms with van der Waals surface area (Å²) in [4.78, 5) is 28.4. The molecule has 3 rings (SSSR count). The van der Waals surface area contributed by atoms with Crippen molar-refractivity contribution < 1.29 is 9.59 Å². The molecule has 2 aliphatic heterocycles. The van der Waals surface area contributed by atoms with Gasteiger partial charge in [-0.3, -0.25) is 19.4 Å². The van der Waals surface area contributed by atoms with Gasteiger partial charge in [0.25, 0.3) is 11.8 Å². The predicted molar refractivity (Wildman–Crippen MR) is 84.7 cm³/mol. The summed E-state index contributed by atoms with van der Waals surface area (Å²) in [6.07, 6.45) is 3.46. The molecule has 0 radical (unpaired) electrons. The van der Waals surface area contributed by atoms with Crippen LogP contribution in [0.4, 0.5) is 0 Å². The number of carbonyl (C=O) groups is 2. The number of amides is 2. The highest BCUT2D eigenvalue weighted by molar-refractivity contribution is 6.21. The third-order valence-electron chi connectivity index (χ3n) is 4.76. The number of rotatable bonds is 4. The molecular weight excluding hydrogens is 278 g/mol. The number of carbonyl (C=O) groups excluding carboxylic acids is 2. The van der Waals surface area contributed by atoms with Crippen molar-refractivity contribution in [3.8, 4) is 0 Å². The highest BCUT2D eigenvalue weighted by Crippen LogP contribution is 2.23. The maximum atomic E-state index is 12.4. The van der Waals surface area contributed by atoms with Crippen molar-refractivity contribution in [3.05, 3.63) is 35.4 Å². The van der Waals surface area contributed by atoms with Crippen molar-refractivity contribution in [2.75, 3.05) is 19.6 Å². The van der Waals surface area contributed by atoms with E-state index in [0.29, 0.717) is 30.3 Å². The molecule has 0 saturated carbocycles. The van der Waals surface area contributed by atoms with Crippen LogP contribution >= 0.6 is 0 Å². The fraction of sp³-hybridized carbons (Fsp3) is 0.529. The molecule has 5 heteroatoms. The molecule has 118 valence electrons. The van der Waals surface area contributed by atoms with Crippen LogP contribution in [0.25, 0.3) is 0 Å². The van der Waals surface area contributed by atoms with Crippen LogP contribution in [0.3, 0.4) is 0 Å². The van der Waals surface area contributed by atoms with Gasteiger partial charge in [0.2, 0.25) is 0 Å². The lowest BCUT2D eigenvalue weighted by atomic mass is 9.97. The Hall–Kier alpha value is -1.72. The number of nitrogens with zero attached hydrogens (tertiary/aromatic N) is 2. The van der Waals surface area contributed by atoms with Crippen LogP contribution < -0.4 is 5.73 Å². The Balaban J connectivity index is 1.67. The summed E-state index contributed by atoms with van der Waals surface area (Å²) in [7, 11) is 0. The summed E-state index contributed by atoms with van der Waals surface area (Å²) in [6.45, 7) is 4.17. The fourth-order valence-electron chi connectivity index (χ4n) is 3.56. The minimum absolute atomic E-state index is 0.113. The van der Waals surface area contributed by atoms with Crippen LogP contribution in [0.1, 0.15) is 46.9 Å². The molecule has 1 aromatic carbocycles. The highest BCUT2D eigenvalue weighted by Gasteiger charge is 2.35. The molecule has 2 atom stereocenters. The van der Waals surface area contributed by atoms with E-state index in [0.717, 1.165) is 19.4 Å². The molecule has 1 saturated heterocycles. The van der Waals surface area contributed by atoms with Crippen molar-refractivity contribution in [3.63, 3.8) is 0 Å². The van der Waals surface area contributed by atoms with Crippen molar-refractivity contribution in [1.29, 1.82) is 0 Å². The third kappa shape index (κ3) is 2.66. The second-order valence-corrected chi connectivity index (χ2v) is 6.27. The number of hydrogen-bond acceptors (Lipinski definition) is 4. The van der Waals surface area contributed by atoms with Gasteiger partial charge in [0.15, 0.2) is 0 Å². The zero-order valence-electron chi connectivity index (χ0n) is 13.0. The number of piperidine rings is 1. The topological polar surface area (TPSA) is 66.6 Å². The normalized spacial score (nSPS) is 23.7. The maximum absolute atomic E-state index is 12.4. The largest absolute Gasteiger partial charge is 0.327 e. The quantitative estimate of drug-likeness (QED) is 0.856. The van der Waals surface area contributed by atoms with E-state index in [1.165, 1.54) is 11.3 Å². The van der Waals surface area contributed by atoms with Gasteiger partial charge >= 0.3 is 0 Å². The van der Waals surface area contributed by atoms with Crippen LogP contribution in [-0.2, 0) is 0 Å². The van der Waals surface area contributed by atoms with Crippen LogP contribution in [0.2, 0.25) is 0 Å². The van der Waals surface area contributed by atoms with E-state index in [2.05, 4.69) is 4.90 Å². The number of fused-ring (bicyclic) bond motifs is 1. The van der Waals surface area contributed by atoms with Gasteiger partial charge in [0.05, 0.1) is 11.1 Å². The number of likely N-dealkylation sites (tertiary alicyclic amines) is 1. The van der Waals surface area contributed by atoms with E-state index in [9.17, 15) is 9.59 Å². The van der Waals surface area contributed by atoms with E-state index in [-0.39, 0.29) is 17.9 Å². The molecule has 2 unspecified atom stereocenters. The second-order valence-electron chi connectivity index (χ2n) is 6.27. The number of nitrogens with two attached hydrogens (primary N) is 1. The van der Waals surface area contributed by atoms with Crippen LogP contribution in [0, 0.1) is 0 Å². The van der Waals surface area contributed by atoms with Crippen LogP contribution in [0.5, 0.6) is 0 Å². The molecule has 1 fully saturated rings. The summed E-state index contributed by atoms with van der Waals surface area (Å²) in [5, 5.41) is 0. The monoisotopic (exact) mass is 301 g/mol. The maximum Gasteiger partial charge on any atom is 0.261 e. The summed E-state index contributed by atoms with van der Waals surface area (Å²) < 4.78 is 0. The SMILES string of the molecule is CC(N)C1CCCCN1CCN1C(=O)c2ccccc2C1=O. The zero-order valence-corrected chi connectivity index (χ0v) is 13.0. The van der Waals surface area contributed by atoms with Gasteiger partial charge in [-0.1, -0.05) is 18.6 Å². The summed E-state index contributed by atoms with van der Waals surface area (Å²) in [6, 6.07) is 7.50. The van der Waals surface area contributed by atoms with Crippen molar-refractivity contribution in [1.82, 2.24) is 9.80 Å². The fourth-order valence-corrected chi connectivity index (χ4v) is 3.56. The molecule has 0 aromatic heterocycles. The third-order valence-corrected chi connectivity index (χ3v) is 4.76. The first kappa shape index (κ1) is 15.2. The molecule has 22 heavy (non-hydrogen) atoms. The van der Waals surface area contributed by atoms with Crippen LogP contribution in [0.15, 0.2) is 24.3 Å². The minimum atomic E-state index is -0.171. The number of benzene rings is 1. The van der Waals surface area contributed by atoms with Gasteiger partial charge in [-0.05, 0) is 38.4 Å². The Bertz CT molecular complexity index is 550. The number of imide groups is 1. The van der Waals surface area contributed by atoms with Gasteiger partial charge in [-0.15, -0.1) is 0 Å². The van der Waals surface area contributed by atoms with Gasteiger partial charge in [-0.2, -0.15) is 0 Å². The Kier molecular flexibility index (Phi) is 4.27. The smallest absolute Gasteiger partial charge is 0.261 e. The first-order chi connectivity index (χ1) is 10.6. The minimum Gasteiger partial charge on any atom is -0.327 e. The standard InChI is InChI=1S/C17H23N3O2/c1-12(18)15-8-4-5-9-19(15)10-11-20-16(21)13-6-2-3-7-14(13)17(20)22/h2-3,6-7,12,15H,4-5,8-11,18H2,1H3. The second kappa shape index (κ2) is 6.18. The Morgan fingerprint density at radius 2 is 1.77 bits per heavy atom. The molecule has 2 N–H and O–H groups in total. The van der Waals surface area contributed by atoms with E-state index < -0.39 is 0 Å². The molecule has 0 spiro atoms. The first-order valence-electron chi connectivity index (χ1n) is 8.04. The van der Waals surface area contributed by atoms with Gasteiger partial charge < -0.3 is 5.73 Å². The van der Waals surface area contributed by atoms with Crippen molar-refractivity contribution in [2.45, 2.75) is 38.3 Å². The summed E-state index contributed by atoms with van der Waals surface area (Å²) in [5.41, 5.74) is 7.12. The first-order valence-corrected chi connectivity index (χ1v) is 8.04. The van der Waals surface area contributed by atoms with Crippen molar-refractivity contribution in [2.24, 2.45) is 5.73 Å². The average molecular weight is 301 g/mol. The molecular formula is C17H23N3O2. The molecule has 0 aliphatic carbocycles. The van der Waals surface area contributed by atoms with E-state index in [1.807, 2.05) is 6.92 Å². The Morgan fingerprint density at radius 3 is 2.36 bits per heavy atom. The van der Waals surface area contributed by atoms with Gasteiger partial charge in [0, 0.05) is 25.2 Å². The molecule has 2 amide bonds. The van der Waals surface area contributed by atoms with E-state index in [4.69, 9.17) is 5.73 Å². The van der Waals surface area contributed by atoms with Gasteiger partial charge in [0.1, 0.15) is 0 Å². The van der Waals surface area contributed by atoms with E-state index in [1.54, 1.807) is 24.3 Å². The summed E-state index contributed by atoms with van der Waals surface area (Å²) >= 11 is 0. The Morgan fingerprint density at radius 1 is 1.14 bits per heavy atom. The molecule has 2 aliphatic rings. The summed E-state index contributed by atoms with van der Waals surface area (Å²) in [5.74, 6) is -0.343. The highest BCUT2D eigenvalue weighted by atomic mass is 16.2. The van der Waals surface area contributed by atoms with E-state index >= 15 is 0 Å².